The lowest BCUT2D eigenvalue weighted by Gasteiger charge is -2.05. The third-order valence-electron chi connectivity index (χ3n) is 1.34. The second-order valence-electron chi connectivity index (χ2n) is 2.03. The van der Waals surface area contributed by atoms with Crippen LogP contribution in [0.5, 0.6) is 0 Å². The lowest BCUT2D eigenvalue weighted by molar-refractivity contribution is -0.219. The van der Waals surface area contributed by atoms with Crippen molar-refractivity contribution in [2.45, 2.75) is 0 Å². The molecular weight excluding hydrogens is 140 g/mol. The Morgan fingerprint density at radius 3 is 2.45 bits per heavy atom. The molecule has 0 unspecified atom stereocenters. The van der Waals surface area contributed by atoms with Crippen molar-refractivity contribution in [2.75, 3.05) is 0 Å². The molecule has 11 heavy (non-hydrogen) atoms. The van der Waals surface area contributed by atoms with Crippen molar-refractivity contribution in [3.05, 3.63) is 54.7 Å². The average Bonchev–Trinajstić information content (AvgIpc) is 2.09. The van der Waals surface area contributed by atoms with E-state index in [4.69, 9.17) is 5.26 Å². The highest BCUT2D eigenvalue weighted by atomic mass is 17.1. The van der Waals surface area contributed by atoms with Crippen LogP contribution in [0, 0.1) is 6.10 Å². The topological polar surface area (TPSA) is 29.5 Å². The highest BCUT2D eigenvalue weighted by Gasteiger charge is 2.06. The van der Waals surface area contributed by atoms with Crippen molar-refractivity contribution >= 4 is 0 Å². The summed E-state index contributed by atoms with van der Waals surface area (Å²) in [4.78, 5) is 4.08. The Morgan fingerprint density at radius 1 is 1.36 bits per heavy atom. The van der Waals surface area contributed by atoms with Crippen LogP contribution in [0.15, 0.2) is 43.0 Å². The summed E-state index contributed by atoms with van der Waals surface area (Å²) in [5.41, 5.74) is 0.810. The van der Waals surface area contributed by atoms with E-state index in [0.29, 0.717) is 6.10 Å². The summed E-state index contributed by atoms with van der Waals surface area (Å²) in [5.74, 6) is 0. The second kappa shape index (κ2) is 3.91. The smallest absolute Gasteiger partial charge is 0.186 e. The molecule has 1 N–H and O–H groups in total. The first-order valence-electron chi connectivity index (χ1n) is 3.24. The predicted octanol–water partition coefficient (Wildman–Crippen LogP) is 2.24. The second-order valence-corrected chi connectivity index (χ2v) is 2.03. The first kappa shape index (κ1) is 7.98. The number of hydrogen-bond acceptors (Lipinski definition) is 2. The van der Waals surface area contributed by atoms with Crippen LogP contribution in [0.25, 0.3) is 0 Å². The molecule has 1 radical (unpaired) electrons. The fourth-order valence-corrected chi connectivity index (χ4v) is 0.810. The molecule has 0 aromatic heterocycles. The largest absolute Gasteiger partial charge is 0.250 e. The van der Waals surface area contributed by atoms with Gasteiger partial charge in [-0.25, -0.2) is 4.89 Å². The van der Waals surface area contributed by atoms with Crippen LogP contribution >= 0.6 is 0 Å². The van der Waals surface area contributed by atoms with Gasteiger partial charge < -0.3 is 0 Å². The van der Waals surface area contributed by atoms with Crippen molar-refractivity contribution < 1.29 is 10.1 Å². The zero-order valence-corrected chi connectivity index (χ0v) is 6.03. The van der Waals surface area contributed by atoms with Gasteiger partial charge in [0.15, 0.2) is 6.10 Å². The van der Waals surface area contributed by atoms with E-state index in [1.54, 1.807) is 0 Å². The zero-order chi connectivity index (χ0) is 8.10. The molecule has 0 fully saturated rings. The zero-order valence-electron chi connectivity index (χ0n) is 6.03. The Bertz CT molecular complexity index is 218. The number of rotatable bonds is 3. The van der Waals surface area contributed by atoms with Crippen molar-refractivity contribution in [1.29, 1.82) is 0 Å². The van der Waals surface area contributed by atoms with E-state index in [-0.39, 0.29) is 0 Å². The maximum absolute atomic E-state index is 8.37. The molecule has 0 heterocycles. The molecule has 0 bridgehead atoms. The molecular formula is C9H9O2. The third-order valence-corrected chi connectivity index (χ3v) is 1.34. The minimum atomic E-state index is 0.366. The lowest BCUT2D eigenvalue weighted by Crippen LogP contribution is -1.97. The summed E-state index contributed by atoms with van der Waals surface area (Å²) in [6.45, 7) is 3.49. The van der Waals surface area contributed by atoms with E-state index >= 15 is 0 Å². The van der Waals surface area contributed by atoms with E-state index in [1.165, 1.54) is 6.08 Å². The van der Waals surface area contributed by atoms with E-state index in [1.807, 2.05) is 30.3 Å². The van der Waals surface area contributed by atoms with Crippen molar-refractivity contribution in [1.82, 2.24) is 0 Å². The molecule has 0 saturated carbocycles. The Morgan fingerprint density at radius 2 is 2.00 bits per heavy atom. The molecule has 0 aliphatic carbocycles. The molecule has 2 nitrogen and oxygen atoms in total. The fraction of sp³-hybridized carbons (Fsp3) is 0. The minimum absolute atomic E-state index is 0.366. The standard InChI is InChI=1S/C9H9O2/c1-2-9(11-10)8-6-4-3-5-7-8/h2-7,10H,1H2. The Kier molecular flexibility index (Phi) is 2.83. The normalized spacial score (nSPS) is 10.0. The highest BCUT2D eigenvalue weighted by molar-refractivity contribution is 5.31. The average molecular weight is 149 g/mol. The molecule has 0 atom stereocenters. The lowest BCUT2D eigenvalue weighted by atomic mass is 10.1. The van der Waals surface area contributed by atoms with Crippen molar-refractivity contribution in [3.8, 4) is 0 Å². The molecule has 57 valence electrons. The van der Waals surface area contributed by atoms with Crippen LogP contribution < -0.4 is 0 Å². The van der Waals surface area contributed by atoms with E-state index in [9.17, 15) is 0 Å². The molecule has 1 aromatic carbocycles. The van der Waals surface area contributed by atoms with Gasteiger partial charge in [-0.05, 0) is 11.6 Å². The van der Waals surface area contributed by atoms with Gasteiger partial charge in [0.2, 0.25) is 0 Å². The fourth-order valence-electron chi connectivity index (χ4n) is 0.810. The van der Waals surface area contributed by atoms with Gasteiger partial charge >= 0.3 is 0 Å². The minimum Gasteiger partial charge on any atom is -0.250 e. The monoisotopic (exact) mass is 149 g/mol. The number of hydrogen-bond donors (Lipinski definition) is 1. The third kappa shape index (κ3) is 1.90. The van der Waals surface area contributed by atoms with Crippen LogP contribution in [0.2, 0.25) is 0 Å². The highest BCUT2D eigenvalue weighted by Crippen LogP contribution is 2.14. The summed E-state index contributed by atoms with van der Waals surface area (Å²) in [7, 11) is 0. The Hall–Kier alpha value is -1.12. The summed E-state index contributed by atoms with van der Waals surface area (Å²) < 4.78 is 0. The summed E-state index contributed by atoms with van der Waals surface area (Å²) in [6.07, 6.45) is 1.82. The maximum atomic E-state index is 8.37. The van der Waals surface area contributed by atoms with Gasteiger partial charge in [0.1, 0.15) is 0 Å². The van der Waals surface area contributed by atoms with Gasteiger partial charge in [0.05, 0.1) is 0 Å². The van der Waals surface area contributed by atoms with Gasteiger partial charge in [-0.3, -0.25) is 5.26 Å². The SMILES string of the molecule is C=C[C](OO)c1ccccc1. The molecule has 2 heteroatoms. The summed E-state index contributed by atoms with van der Waals surface area (Å²) >= 11 is 0. The molecule has 0 aliphatic rings. The van der Waals surface area contributed by atoms with E-state index in [0.717, 1.165) is 5.56 Å². The van der Waals surface area contributed by atoms with E-state index < -0.39 is 0 Å². The van der Waals surface area contributed by atoms with Gasteiger partial charge in [-0.2, -0.15) is 0 Å². The van der Waals surface area contributed by atoms with Crippen LogP contribution in [0.1, 0.15) is 5.56 Å². The van der Waals surface area contributed by atoms with E-state index in [2.05, 4.69) is 11.5 Å². The van der Waals surface area contributed by atoms with Gasteiger partial charge in [-0.15, -0.1) is 0 Å². The van der Waals surface area contributed by atoms with Gasteiger partial charge in [0.25, 0.3) is 0 Å². The molecule has 1 rings (SSSR count). The van der Waals surface area contributed by atoms with Crippen LogP contribution in [0.4, 0.5) is 0 Å². The Balaban J connectivity index is 2.82. The van der Waals surface area contributed by atoms with Crippen molar-refractivity contribution in [3.63, 3.8) is 0 Å². The number of benzene rings is 1. The summed E-state index contributed by atoms with van der Waals surface area (Å²) in [6, 6.07) is 9.26. The van der Waals surface area contributed by atoms with Crippen LogP contribution in [0.3, 0.4) is 0 Å². The molecule has 0 aliphatic heterocycles. The van der Waals surface area contributed by atoms with Crippen molar-refractivity contribution in [2.24, 2.45) is 0 Å². The molecule has 0 spiro atoms. The molecule has 0 saturated heterocycles. The van der Waals surface area contributed by atoms with Crippen LogP contribution in [-0.4, -0.2) is 5.26 Å². The van der Waals surface area contributed by atoms with Gasteiger partial charge in [0, 0.05) is 0 Å². The first-order chi connectivity index (χ1) is 5.38. The first-order valence-corrected chi connectivity index (χ1v) is 3.24. The molecule has 1 aromatic rings. The molecule has 0 amide bonds. The van der Waals surface area contributed by atoms with Gasteiger partial charge in [-0.1, -0.05) is 36.9 Å². The Labute approximate surface area is 65.7 Å². The van der Waals surface area contributed by atoms with Crippen LogP contribution in [-0.2, 0) is 4.89 Å². The maximum Gasteiger partial charge on any atom is 0.186 e. The summed E-state index contributed by atoms with van der Waals surface area (Å²) in [5, 5.41) is 8.37. The predicted molar refractivity (Wildman–Crippen MR) is 42.7 cm³/mol. The quantitative estimate of drug-likeness (QED) is 0.527.